The molecule has 1 aromatic carbocycles. The minimum absolute atomic E-state index is 0.0741. The van der Waals surface area contributed by atoms with E-state index in [2.05, 4.69) is 37.9 Å². The molecule has 0 atom stereocenters. The van der Waals surface area contributed by atoms with Crippen molar-refractivity contribution in [2.75, 3.05) is 14.2 Å². The number of aromatic nitrogens is 2. The zero-order valence-corrected chi connectivity index (χ0v) is 14.8. The maximum absolute atomic E-state index is 5.37. The molecule has 124 valence electrons. The van der Waals surface area contributed by atoms with Crippen LogP contribution in [0, 0.1) is 0 Å². The summed E-state index contributed by atoms with van der Waals surface area (Å²) in [5, 5.41) is 2.24. The molecule has 0 amide bonds. The SMILES string of the molecule is COc1ccc(-c2cc3cc(OC)ccc3c(C(C)(C)C)n2)nc1. The third-order valence-electron chi connectivity index (χ3n) is 3.98. The lowest BCUT2D eigenvalue weighted by Crippen LogP contribution is -2.14. The van der Waals surface area contributed by atoms with Crippen LogP contribution in [0.2, 0.25) is 0 Å². The van der Waals surface area contributed by atoms with Gasteiger partial charge in [0, 0.05) is 10.8 Å². The van der Waals surface area contributed by atoms with Crippen molar-refractivity contribution in [2.45, 2.75) is 26.2 Å². The van der Waals surface area contributed by atoms with Crippen molar-refractivity contribution >= 4 is 10.8 Å². The maximum atomic E-state index is 5.37. The van der Waals surface area contributed by atoms with Crippen molar-refractivity contribution in [3.8, 4) is 22.9 Å². The summed E-state index contributed by atoms with van der Waals surface area (Å²) < 4.78 is 10.6. The molecule has 0 bridgehead atoms. The van der Waals surface area contributed by atoms with Crippen molar-refractivity contribution in [1.29, 1.82) is 0 Å². The summed E-state index contributed by atoms with van der Waals surface area (Å²) in [6.07, 6.45) is 1.71. The summed E-state index contributed by atoms with van der Waals surface area (Å²) in [4.78, 5) is 9.38. The van der Waals surface area contributed by atoms with Crippen LogP contribution in [0.15, 0.2) is 42.6 Å². The fraction of sp³-hybridized carbons (Fsp3) is 0.300. The van der Waals surface area contributed by atoms with E-state index in [1.807, 2.05) is 24.3 Å². The fourth-order valence-corrected chi connectivity index (χ4v) is 2.72. The monoisotopic (exact) mass is 322 g/mol. The Labute approximate surface area is 142 Å². The molecule has 0 unspecified atom stereocenters. The van der Waals surface area contributed by atoms with E-state index < -0.39 is 0 Å². The zero-order chi connectivity index (χ0) is 17.3. The van der Waals surface area contributed by atoms with Crippen molar-refractivity contribution in [2.24, 2.45) is 0 Å². The molecule has 0 aliphatic heterocycles. The van der Waals surface area contributed by atoms with Crippen LogP contribution < -0.4 is 9.47 Å². The Morgan fingerprint density at radius 1 is 0.833 bits per heavy atom. The summed E-state index contributed by atoms with van der Waals surface area (Å²) >= 11 is 0. The van der Waals surface area contributed by atoms with Crippen molar-refractivity contribution in [3.05, 3.63) is 48.3 Å². The first-order valence-electron chi connectivity index (χ1n) is 7.92. The Hall–Kier alpha value is -2.62. The number of ether oxygens (including phenoxy) is 2. The van der Waals surface area contributed by atoms with E-state index >= 15 is 0 Å². The van der Waals surface area contributed by atoms with E-state index in [-0.39, 0.29) is 5.41 Å². The van der Waals surface area contributed by atoms with Gasteiger partial charge in [-0.1, -0.05) is 20.8 Å². The number of hydrogen-bond donors (Lipinski definition) is 0. The molecular formula is C20H22N2O2. The first-order valence-corrected chi connectivity index (χ1v) is 7.92. The molecule has 24 heavy (non-hydrogen) atoms. The molecule has 0 saturated carbocycles. The van der Waals surface area contributed by atoms with E-state index in [0.717, 1.165) is 39.4 Å². The Balaban J connectivity index is 2.23. The number of nitrogens with zero attached hydrogens (tertiary/aromatic N) is 2. The predicted octanol–water partition coefficient (Wildman–Crippen LogP) is 4.61. The third-order valence-corrected chi connectivity index (χ3v) is 3.98. The molecule has 0 aliphatic carbocycles. The van der Waals surface area contributed by atoms with Crippen LogP contribution in [0.4, 0.5) is 0 Å². The lowest BCUT2D eigenvalue weighted by atomic mass is 9.87. The van der Waals surface area contributed by atoms with E-state index in [9.17, 15) is 0 Å². The van der Waals surface area contributed by atoms with Gasteiger partial charge in [-0.05, 0) is 41.8 Å². The second kappa shape index (κ2) is 6.11. The molecule has 0 radical (unpaired) electrons. The molecule has 2 heterocycles. The smallest absolute Gasteiger partial charge is 0.137 e. The minimum Gasteiger partial charge on any atom is -0.497 e. The van der Waals surface area contributed by atoms with Crippen LogP contribution in [-0.4, -0.2) is 24.2 Å². The van der Waals surface area contributed by atoms with Crippen LogP contribution in [0.25, 0.3) is 22.2 Å². The lowest BCUT2D eigenvalue weighted by Gasteiger charge is -2.21. The molecule has 0 fully saturated rings. The van der Waals surface area contributed by atoms with Crippen molar-refractivity contribution in [1.82, 2.24) is 9.97 Å². The fourth-order valence-electron chi connectivity index (χ4n) is 2.72. The topological polar surface area (TPSA) is 44.2 Å². The van der Waals surface area contributed by atoms with Crippen LogP contribution in [0.3, 0.4) is 0 Å². The minimum atomic E-state index is -0.0741. The van der Waals surface area contributed by atoms with Gasteiger partial charge in [0.1, 0.15) is 11.5 Å². The molecule has 4 heteroatoms. The van der Waals surface area contributed by atoms with Crippen LogP contribution in [0.1, 0.15) is 26.5 Å². The van der Waals surface area contributed by atoms with E-state index in [4.69, 9.17) is 14.5 Å². The van der Waals surface area contributed by atoms with Gasteiger partial charge in [0.15, 0.2) is 0 Å². The molecule has 3 aromatic rings. The van der Waals surface area contributed by atoms with Gasteiger partial charge >= 0.3 is 0 Å². The molecule has 0 aliphatic rings. The standard InChI is InChI=1S/C20H22N2O2/c1-20(2,3)19-16-8-6-14(23-4)10-13(16)11-18(22-19)17-9-7-15(24-5)12-21-17/h6-12H,1-5H3. The van der Waals surface area contributed by atoms with Crippen LogP contribution in [0.5, 0.6) is 11.5 Å². The highest BCUT2D eigenvalue weighted by Crippen LogP contribution is 2.33. The second-order valence-electron chi connectivity index (χ2n) is 6.78. The number of pyridine rings is 2. The average Bonchev–Trinajstić information content (AvgIpc) is 2.59. The predicted molar refractivity (Wildman–Crippen MR) is 96.8 cm³/mol. The first kappa shape index (κ1) is 16.2. The summed E-state index contributed by atoms with van der Waals surface area (Å²) in [6.45, 7) is 6.51. The van der Waals surface area contributed by atoms with Gasteiger partial charge in [-0.15, -0.1) is 0 Å². The largest absolute Gasteiger partial charge is 0.497 e. The zero-order valence-electron chi connectivity index (χ0n) is 14.8. The van der Waals surface area contributed by atoms with Crippen molar-refractivity contribution < 1.29 is 9.47 Å². The van der Waals surface area contributed by atoms with E-state index in [1.165, 1.54) is 0 Å². The first-order chi connectivity index (χ1) is 11.4. The molecule has 0 saturated heterocycles. The number of benzene rings is 1. The highest BCUT2D eigenvalue weighted by Gasteiger charge is 2.20. The Morgan fingerprint density at radius 2 is 1.54 bits per heavy atom. The molecule has 3 rings (SSSR count). The van der Waals surface area contributed by atoms with Gasteiger partial charge in [0.2, 0.25) is 0 Å². The Kier molecular flexibility index (Phi) is 4.14. The quantitative estimate of drug-likeness (QED) is 0.706. The van der Waals surface area contributed by atoms with Gasteiger partial charge in [0.05, 0.1) is 37.5 Å². The summed E-state index contributed by atoms with van der Waals surface area (Å²) in [6, 6.07) is 12.0. The second-order valence-corrected chi connectivity index (χ2v) is 6.78. The van der Waals surface area contributed by atoms with Gasteiger partial charge in [0.25, 0.3) is 0 Å². The van der Waals surface area contributed by atoms with Crippen LogP contribution >= 0.6 is 0 Å². The summed E-state index contributed by atoms with van der Waals surface area (Å²) in [5.41, 5.74) is 2.65. The summed E-state index contributed by atoms with van der Waals surface area (Å²) in [7, 11) is 3.31. The average molecular weight is 322 g/mol. The van der Waals surface area contributed by atoms with Gasteiger partial charge in [-0.3, -0.25) is 4.98 Å². The highest BCUT2D eigenvalue weighted by atomic mass is 16.5. The van der Waals surface area contributed by atoms with Crippen molar-refractivity contribution in [3.63, 3.8) is 0 Å². The molecule has 0 spiro atoms. The maximum Gasteiger partial charge on any atom is 0.137 e. The van der Waals surface area contributed by atoms with Crippen LogP contribution in [-0.2, 0) is 5.41 Å². The van der Waals surface area contributed by atoms with Gasteiger partial charge < -0.3 is 9.47 Å². The number of rotatable bonds is 3. The Bertz CT molecular complexity index is 865. The normalized spacial score (nSPS) is 11.5. The van der Waals surface area contributed by atoms with Gasteiger partial charge in [-0.2, -0.15) is 0 Å². The molecular weight excluding hydrogens is 300 g/mol. The summed E-state index contributed by atoms with van der Waals surface area (Å²) in [5.74, 6) is 1.57. The number of fused-ring (bicyclic) bond motifs is 1. The van der Waals surface area contributed by atoms with Gasteiger partial charge in [-0.25, -0.2) is 4.98 Å². The molecule has 2 aromatic heterocycles. The lowest BCUT2D eigenvalue weighted by molar-refractivity contribution is 0.413. The third kappa shape index (κ3) is 3.04. The number of hydrogen-bond acceptors (Lipinski definition) is 4. The van der Waals surface area contributed by atoms with E-state index in [1.54, 1.807) is 20.4 Å². The Morgan fingerprint density at radius 3 is 2.12 bits per heavy atom. The highest BCUT2D eigenvalue weighted by molar-refractivity contribution is 5.89. The molecule has 0 N–H and O–H groups in total. The van der Waals surface area contributed by atoms with E-state index in [0.29, 0.717) is 0 Å². The number of methoxy groups -OCH3 is 2. The molecule has 4 nitrogen and oxygen atoms in total.